The molecule has 0 aliphatic heterocycles. The largest absolute Gasteiger partial charge is 0.423 e. The van der Waals surface area contributed by atoms with E-state index in [0.717, 1.165) is 56.1 Å². The van der Waals surface area contributed by atoms with Crippen molar-refractivity contribution in [1.82, 2.24) is 0 Å². The molecule has 4 aliphatic carbocycles. The molecule has 3 saturated carbocycles. The van der Waals surface area contributed by atoms with Gasteiger partial charge >= 0.3 is 11.9 Å². The zero-order valence-electron chi connectivity index (χ0n) is 28.8. The first-order valence-corrected chi connectivity index (χ1v) is 17.4. The molecule has 1 aromatic rings. The van der Waals surface area contributed by atoms with Gasteiger partial charge < -0.3 is 15.2 Å². The highest BCUT2D eigenvalue weighted by molar-refractivity contribution is 8.14. The third-order valence-corrected chi connectivity index (χ3v) is 14.2. The highest BCUT2D eigenvalue weighted by Crippen LogP contribution is 2.75. The molecule has 3 fully saturated rings. The molecule has 8 heteroatoms. The number of carbonyl (C=O) groups is 4. The summed E-state index contributed by atoms with van der Waals surface area (Å²) in [5.74, 6) is -0.585. The highest BCUT2D eigenvalue weighted by Gasteiger charge is 2.67. The van der Waals surface area contributed by atoms with Crippen molar-refractivity contribution in [2.45, 2.75) is 125 Å². The van der Waals surface area contributed by atoms with Gasteiger partial charge in [-0.15, -0.1) is 0 Å². The average Bonchev–Trinajstić information content (AvgIpc) is 2.93. The number of esters is 2. The maximum Gasteiger partial charge on any atom is 0.308 e. The SMILES string of the molecule is CC(=O)Oc1cc2c(c(C)c1OC(C)=O)C(SC(=O)C(C)C)C=C1[C@@]2(C)CC[C@@]2(C)[C@@H]3C[C@](C)(C(N)=O)CC[C@]3(C)CC[C@]12C. The van der Waals surface area contributed by atoms with E-state index in [1.54, 1.807) is 0 Å². The standard InChI is InChI=1S/C37H51NO6S/c1-20(2)31(41)45-26-18-27-35(8,24-17-25(43-22(4)39)30(44-23(5)40)21(3)29(24)26)14-16-37(10)28-19-34(7,32(38)42)12-11-33(28,6)13-15-36(27,37)9/h17-18,20,26,28H,11-16,19H2,1-10H3,(H2,38,42)/t26?,28-,33-,34-,35+,36-,37+/m1/s1. The molecule has 1 aromatic carbocycles. The number of fused-ring (bicyclic) bond motifs is 7. The maximum atomic E-state index is 13.4. The van der Waals surface area contributed by atoms with E-state index in [1.807, 2.05) is 26.8 Å². The van der Waals surface area contributed by atoms with E-state index in [0.29, 0.717) is 11.5 Å². The predicted octanol–water partition coefficient (Wildman–Crippen LogP) is 7.90. The molecule has 45 heavy (non-hydrogen) atoms. The van der Waals surface area contributed by atoms with Crippen LogP contribution in [0.5, 0.6) is 11.5 Å². The number of primary amides is 1. The van der Waals surface area contributed by atoms with Gasteiger partial charge in [0.25, 0.3) is 0 Å². The smallest absolute Gasteiger partial charge is 0.308 e. The fourth-order valence-electron chi connectivity index (χ4n) is 9.75. The van der Waals surface area contributed by atoms with Crippen LogP contribution in [0.25, 0.3) is 0 Å². The molecule has 0 aromatic heterocycles. The Morgan fingerprint density at radius 2 is 1.53 bits per heavy atom. The zero-order valence-corrected chi connectivity index (χ0v) is 29.6. The predicted molar refractivity (Wildman–Crippen MR) is 177 cm³/mol. The van der Waals surface area contributed by atoms with Gasteiger partial charge in [0.1, 0.15) is 0 Å². The van der Waals surface area contributed by atoms with Crippen LogP contribution in [-0.2, 0) is 24.6 Å². The molecule has 4 aliphatic rings. The second kappa shape index (κ2) is 11.0. The molecule has 1 amide bonds. The topological polar surface area (TPSA) is 113 Å². The lowest BCUT2D eigenvalue weighted by atomic mass is 9.34. The molecule has 7 atom stereocenters. The van der Waals surface area contributed by atoms with Gasteiger partial charge in [-0.25, -0.2) is 0 Å². The lowest BCUT2D eigenvalue weighted by Crippen LogP contribution is -2.63. The van der Waals surface area contributed by atoms with E-state index in [-0.39, 0.29) is 49.9 Å². The molecule has 0 radical (unpaired) electrons. The second-order valence-corrected chi connectivity index (χ2v) is 17.1. The third-order valence-electron chi connectivity index (χ3n) is 12.8. The van der Waals surface area contributed by atoms with Crippen LogP contribution in [0.4, 0.5) is 0 Å². The molecule has 0 spiro atoms. The first-order chi connectivity index (χ1) is 20.7. The number of thioether (sulfide) groups is 1. The van der Waals surface area contributed by atoms with Crippen molar-refractivity contribution < 1.29 is 28.7 Å². The number of hydrogen-bond acceptors (Lipinski definition) is 7. The molecule has 7 nitrogen and oxygen atoms in total. The van der Waals surface area contributed by atoms with Crippen LogP contribution in [0.2, 0.25) is 0 Å². The number of rotatable bonds is 5. The van der Waals surface area contributed by atoms with Gasteiger partial charge in [0.2, 0.25) is 5.91 Å². The van der Waals surface area contributed by atoms with Gasteiger partial charge in [0, 0.05) is 36.2 Å². The molecule has 246 valence electrons. The number of allylic oxidation sites excluding steroid dienone is 1. The molecule has 0 saturated heterocycles. The van der Waals surface area contributed by atoms with Crippen molar-refractivity contribution in [2.75, 3.05) is 0 Å². The normalized spacial score (nSPS) is 36.9. The van der Waals surface area contributed by atoms with Crippen LogP contribution in [0.3, 0.4) is 0 Å². The molecule has 0 heterocycles. The average molecular weight is 638 g/mol. The summed E-state index contributed by atoms with van der Waals surface area (Å²) >= 11 is 1.33. The lowest BCUT2D eigenvalue weighted by molar-refractivity contribution is -0.166. The van der Waals surface area contributed by atoms with Gasteiger partial charge in [-0.3, -0.25) is 19.2 Å². The minimum atomic E-state index is -0.523. The van der Waals surface area contributed by atoms with Crippen molar-refractivity contribution in [2.24, 2.45) is 39.2 Å². The van der Waals surface area contributed by atoms with E-state index in [9.17, 15) is 19.2 Å². The van der Waals surface area contributed by atoms with E-state index < -0.39 is 22.8 Å². The number of hydrogen-bond donors (Lipinski definition) is 1. The quantitative estimate of drug-likeness (QED) is 0.198. The summed E-state index contributed by atoms with van der Waals surface area (Å²) in [7, 11) is 0. The first kappa shape index (κ1) is 33.7. The van der Waals surface area contributed by atoms with Crippen LogP contribution in [-0.4, -0.2) is 23.0 Å². The first-order valence-electron chi connectivity index (χ1n) is 16.5. The summed E-state index contributed by atoms with van der Waals surface area (Å²) in [5.41, 5.74) is 8.96. The van der Waals surface area contributed by atoms with Crippen LogP contribution in [0, 0.1) is 40.4 Å². The molecule has 5 rings (SSSR count). The lowest BCUT2D eigenvalue weighted by Gasteiger charge is -2.70. The molecule has 0 bridgehead atoms. The van der Waals surface area contributed by atoms with Crippen molar-refractivity contribution in [3.63, 3.8) is 0 Å². The summed E-state index contributed by atoms with van der Waals surface area (Å²) in [5, 5.41) is -0.207. The van der Waals surface area contributed by atoms with Gasteiger partial charge in [0.05, 0.1) is 5.25 Å². The summed E-state index contributed by atoms with van der Waals surface area (Å²) in [6.45, 7) is 20.0. The molecular weight excluding hydrogens is 586 g/mol. The number of amides is 1. The van der Waals surface area contributed by atoms with Crippen molar-refractivity contribution in [3.8, 4) is 11.5 Å². The summed E-state index contributed by atoms with van der Waals surface area (Å²) < 4.78 is 11.4. The van der Waals surface area contributed by atoms with Crippen LogP contribution < -0.4 is 15.2 Å². The van der Waals surface area contributed by atoms with Gasteiger partial charge in [-0.05, 0) is 91.2 Å². The summed E-state index contributed by atoms with van der Waals surface area (Å²) in [6, 6.07) is 1.89. The van der Waals surface area contributed by atoms with Crippen molar-refractivity contribution in [1.29, 1.82) is 0 Å². The Hall–Kier alpha value is -2.61. The minimum absolute atomic E-state index is 0.0911. The Balaban J connectivity index is 1.74. The van der Waals surface area contributed by atoms with Crippen LogP contribution >= 0.6 is 11.8 Å². The van der Waals surface area contributed by atoms with Crippen molar-refractivity contribution >= 4 is 34.7 Å². The van der Waals surface area contributed by atoms with Gasteiger partial charge in [-0.1, -0.05) is 71.9 Å². The Morgan fingerprint density at radius 1 is 0.911 bits per heavy atom. The van der Waals surface area contributed by atoms with Gasteiger partial charge in [-0.2, -0.15) is 0 Å². The second-order valence-electron chi connectivity index (χ2n) is 16.0. The minimum Gasteiger partial charge on any atom is -0.423 e. The highest BCUT2D eigenvalue weighted by atomic mass is 32.2. The molecule has 2 N–H and O–H groups in total. The molecule has 1 unspecified atom stereocenters. The Labute approximate surface area is 272 Å². The zero-order chi connectivity index (χ0) is 33.5. The van der Waals surface area contributed by atoms with Crippen LogP contribution in [0.1, 0.15) is 129 Å². The number of benzene rings is 1. The summed E-state index contributed by atoms with van der Waals surface area (Å²) in [6.07, 6.45) is 8.85. The Kier molecular flexibility index (Phi) is 8.24. The van der Waals surface area contributed by atoms with E-state index in [1.165, 1.54) is 31.2 Å². The number of ether oxygens (including phenoxy) is 2. The number of nitrogens with two attached hydrogens (primary N) is 1. The van der Waals surface area contributed by atoms with E-state index in [4.69, 9.17) is 15.2 Å². The fourth-order valence-corrected chi connectivity index (χ4v) is 10.9. The maximum absolute atomic E-state index is 13.4. The Morgan fingerprint density at radius 3 is 2.11 bits per heavy atom. The third kappa shape index (κ3) is 5.08. The van der Waals surface area contributed by atoms with Crippen LogP contribution in [0.15, 0.2) is 17.7 Å². The van der Waals surface area contributed by atoms with E-state index >= 15 is 0 Å². The molecular formula is C37H51NO6S. The van der Waals surface area contributed by atoms with Crippen molar-refractivity contribution in [3.05, 3.63) is 34.4 Å². The Bertz CT molecular complexity index is 1510. The fraction of sp³-hybridized carbons (Fsp3) is 0.676. The van der Waals surface area contributed by atoms with E-state index in [2.05, 4.69) is 40.7 Å². The van der Waals surface area contributed by atoms with Gasteiger partial charge in [0.15, 0.2) is 16.6 Å². The monoisotopic (exact) mass is 637 g/mol. The summed E-state index contributed by atoms with van der Waals surface area (Å²) in [4.78, 5) is 50.6. The number of carbonyl (C=O) groups excluding carboxylic acids is 4.